The molecular weight excluding hydrogens is 311 g/mol. The zero-order valence-corrected chi connectivity index (χ0v) is 13.1. The first-order valence-electron chi connectivity index (χ1n) is 7.26. The van der Waals surface area contributed by atoms with Gasteiger partial charge >= 0.3 is 0 Å². The molecule has 1 N–H and O–H groups in total. The van der Waals surface area contributed by atoms with E-state index in [1.165, 1.54) is 17.4 Å². The molecule has 1 aromatic heterocycles. The van der Waals surface area contributed by atoms with Crippen LogP contribution in [-0.2, 0) is 11.2 Å². The zero-order chi connectivity index (χ0) is 16.1. The minimum atomic E-state index is -0.282. The fourth-order valence-corrected chi connectivity index (χ4v) is 3.05. The van der Waals surface area contributed by atoms with Crippen LogP contribution in [0.25, 0.3) is 10.6 Å². The van der Waals surface area contributed by atoms with Crippen molar-refractivity contribution in [3.05, 3.63) is 71.5 Å². The van der Waals surface area contributed by atoms with Crippen molar-refractivity contribution in [2.75, 3.05) is 5.32 Å². The standard InChI is InChI=1S/C18H15FN2OS/c19-16-9-5-4-8-15(16)18-21-14(12-23-18)10-11-17(22)20-13-6-2-1-3-7-13/h1-9,12H,10-11H2,(H,20,22). The predicted molar refractivity (Wildman–Crippen MR) is 90.9 cm³/mol. The monoisotopic (exact) mass is 326 g/mol. The van der Waals surface area contributed by atoms with Crippen LogP contribution in [0.15, 0.2) is 60.0 Å². The summed E-state index contributed by atoms with van der Waals surface area (Å²) in [4.78, 5) is 16.3. The van der Waals surface area contributed by atoms with Crippen molar-refractivity contribution in [1.29, 1.82) is 0 Å². The maximum Gasteiger partial charge on any atom is 0.224 e. The molecule has 0 aliphatic rings. The van der Waals surface area contributed by atoms with Crippen LogP contribution in [0.3, 0.4) is 0 Å². The molecule has 5 heteroatoms. The van der Waals surface area contributed by atoms with Gasteiger partial charge < -0.3 is 5.32 Å². The van der Waals surface area contributed by atoms with Gasteiger partial charge in [0, 0.05) is 23.1 Å². The van der Waals surface area contributed by atoms with Crippen LogP contribution in [-0.4, -0.2) is 10.9 Å². The molecule has 3 rings (SSSR count). The van der Waals surface area contributed by atoms with Crippen molar-refractivity contribution >= 4 is 22.9 Å². The molecule has 116 valence electrons. The number of nitrogens with zero attached hydrogens (tertiary/aromatic N) is 1. The topological polar surface area (TPSA) is 42.0 Å². The Balaban J connectivity index is 1.59. The van der Waals surface area contributed by atoms with Crippen LogP contribution in [0.4, 0.5) is 10.1 Å². The van der Waals surface area contributed by atoms with E-state index >= 15 is 0 Å². The molecule has 1 heterocycles. The normalized spacial score (nSPS) is 10.5. The predicted octanol–water partition coefficient (Wildman–Crippen LogP) is 4.52. The number of carbonyl (C=O) groups is 1. The van der Waals surface area contributed by atoms with Crippen molar-refractivity contribution in [2.24, 2.45) is 0 Å². The maximum absolute atomic E-state index is 13.7. The molecular formula is C18H15FN2OS. The Morgan fingerprint density at radius 2 is 1.83 bits per heavy atom. The first-order chi connectivity index (χ1) is 11.2. The lowest BCUT2D eigenvalue weighted by molar-refractivity contribution is -0.116. The van der Waals surface area contributed by atoms with Gasteiger partial charge in [-0.15, -0.1) is 11.3 Å². The van der Waals surface area contributed by atoms with Crippen molar-refractivity contribution in [3.63, 3.8) is 0 Å². The lowest BCUT2D eigenvalue weighted by Gasteiger charge is -2.03. The Hall–Kier alpha value is -2.53. The quantitative estimate of drug-likeness (QED) is 0.749. The Morgan fingerprint density at radius 1 is 1.09 bits per heavy atom. The third-order valence-electron chi connectivity index (χ3n) is 3.32. The first-order valence-corrected chi connectivity index (χ1v) is 8.14. The molecule has 0 aliphatic carbocycles. The number of carbonyl (C=O) groups excluding carboxylic acids is 1. The average Bonchev–Trinajstić information content (AvgIpc) is 3.03. The van der Waals surface area contributed by atoms with E-state index in [9.17, 15) is 9.18 Å². The second-order valence-corrected chi connectivity index (χ2v) is 5.90. The highest BCUT2D eigenvalue weighted by molar-refractivity contribution is 7.13. The van der Waals surface area contributed by atoms with Crippen LogP contribution in [0.5, 0.6) is 0 Å². The summed E-state index contributed by atoms with van der Waals surface area (Å²) in [6.45, 7) is 0. The summed E-state index contributed by atoms with van der Waals surface area (Å²) in [6.07, 6.45) is 0.874. The van der Waals surface area contributed by atoms with Crippen LogP contribution < -0.4 is 5.32 Å². The third-order valence-corrected chi connectivity index (χ3v) is 4.25. The van der Waals surface area contributed by atoms with E-state index in [0.29, 0.717) is 23.4 Å². The SMILES string of the molecule is O=C(CCc1csc(-c2ccccc2F)n1)Nc1ccccc1. The van der Waals surface area contributed by atoms with E-state index in [-0.39, 0.29) is 11.7 Å². The van der Waals surface area contributed by atoms with Gasteiger partial charge in [0.2, 0.25) is 5.91 Å². The maximum atomic E-state index is 13.7. The second-order valence-electron chi connectivity index (χ2n) is 5.04. The number of aryl methyl sites for hydroxylation is 1. The molecule has 2 aromatic carbocycles. The van der Waals surface area contributed by atoms with E-state index in [2.05, 4.69) is 10.3 Å². The van der Waals surface area contributed by atoms with Crippen LogP contribution in [0.2, 0.25) is 0 Å². The Kier molecular flexibility index (Phi) is 4.78. The van der Waals surface area contributed by atoms with Crippen LogP contribution >= 0.6 is 11.3 Å². The minimum Gasteiger partial charge on any atom is -0.326 e. The van der Waals surface area contributed by atoms with E-state index in [0.717, 1.165) is 11.4 Å². The molecule has 0 saturated carbocycles. The van der Waals surface area contributed by atoms with Gasteiger partial charge in [0.05, 0.1) is 5.69 Å². The van der Waals surface area contributed by atoms with E-state index in [1.54, 1.807) is 18.2 Å². The molecule has 3 nitrogen and oxygen atoms in total. The molecule has 0 aliphatic heterocycles. The number of rotatable bonds is 5. The number of benzene rings is 2. The highest BCUT2D eigenvalue weighted by atomic mass is 32.1. The number of hydrogen-bond donors (Lipinski definition) is 1. The van der Waals surface area contributed by atoms with Gasteiger partial charge in [-0.2, -0.15) is 0 Å². The molecule has 0 unspecified atom stereocenters. The van der Waals surface area contributed by atoms with Gasteiger partial charge in [-0.25, -0.2) is 9.37 Å². The van der Waals surface area contributed by atoms with E-state index in [4.69, 9.17) is 0 Å². The molecule has 0 bridgehead atoms. The smallest absolute Gasteiger partial charge is 0.224 e. The number of nitrogens with one attached hydrogen (secondary N) is 1. The van der Waals surface area contributed by atoms with E-state index < -0.39 is 0 Å². The molecule has 1 amide bonds. The summed E-state index contributed by atoms with van der Waals surface area (Å²) in [7, 11) is 0. The lowest BCUT2D eigenvalue weighted by Crippen LogP contribution is -2.12. The Morgan fingerprint density at radius 3 is 2.61 bits per heavy atom. The molecule has 0 spiro atoms. The number of halogens is 1. The number of thiazole rings is 1. The highest BCUT2D eigenvalue weighted by Gasteiger charge is 2.10. The van der Waals surface area contributed by atoms with Crippen molar-refractivity contribution < 1.29 is 9.18 Å². The summed E-state index contributed by atoms with van der Waals surface area (Å²) in [6, 6.07) is 15.9. The molecule has 0 saturated heterocycles. The Bertz CT molecular complexity index is 802. The van der Waals surface area contributed by atoms with Gasteiger partial charge in [0.25, 0.3) is 0 Å². The summed E-state index contributed by atoms with van der Waals surface area (Å²) < 4.78 is 13.7. The number of hydrogen-bond acceptors (Lipinski definition) is 3. The fourth-order valence-electron chi connectivity index (χ4n) is 2.17. The molecule has 0 fully saturated rings. The third kappa shape index (κ3) is 4.02. The van der Waals surface area contributed by atoms with Gasteiger partial charge in [0.15, 0.2) is 0 Å². The highest BCUT2D eigenvalue weighted by Crippen LogP contribution is 2.26. The number of para-hydroxylation sites is 1. The minimum absolute atomic E-state index is 0.0587. The van der Waals surface area contributed by atoms with Gasteiger partial charge in [0.1, 0.15) is 10.8 Å². The van der Waals surface area contributed by atoms with Crippen molar-refractivity contribution in [3.8, 4) is 10.6 Å². The summed E-state index contributed by atoms with van der Waals surface area (Å²) in [5, 5.41) is 5.35. The number of aromatic nitrogens is 1. The van der Waals surface area contributed by atoms with Crippen molar-refractivity contribution in [1.82, 2.24) is 4.98 Å². The Labute approximate surface area is 137 Å². The van der Waals surface area contributed by atoms with Crippen LogP contribution in [0.1, 0.15) is 12.1 Å². The molecule has 0 radical (unpaired) electrons. The first kappa shape index (κ1) is 15.4. The van der Waals surface area contributed by atoms with E-state index in [1.807, 2.05) is 35.7 Å². The summed E-state index contributed by atoms with van der Waals surface area (Å²) in [5.74, 6) is -0.341. The van der Waals surface area contributed by atoms with Gasteiger partial charge in [-0.3, -0.25) is 4.79 Å². The zero-order valence-electron chi connectivity index (χ0n) is 12.3. The van der Waals surface area contributed by atoms with Crippen LogP contribution in [0, 0.1) is 5.82 Å². The van der Waals surface area contributed by atoms with Gasteiger partial charge in [-0.05, 0) is 30.7 Å². The summed E-state index contributed by atoms with van der Waals surface area (Å²) >= 11 is 1.39. The average molecular weight is 326 g/mol. The van der Waals surface area contributed by atoms with Gasteiger partial charge in [-0.1, -0.05) is 30.3 Å². The summed E-state index contributed by atoms with van der Waals surface area (Å²) in [5.41, 5.74) is 2.08. The largest absolute Gasteiger partial charge is 0.326 e. The second kappa shape index (κ2) is 7.15. The number of amides is 1. The number of anilines is 1. The lowest BCUT2D eigenvalue weighted by atomic mass is 10.2. The molecule has 3 aromatic rings. The fraction of sp³-hybridized carbons (Fsp3) is 0.111. The molecule has 23 heavy (non-hydrogen) atoms. The molecule has 0 atom stereocenters. The van der Waals surface area contributed by atoms with Crippen molar-refractivity contribution in [2.45, 2.75) is 12.8 Å².